The summed E-state index contributed by atoms with van der Waals surface area (Å²) < 4.78 is 5.07. The van der Waals surface area contributed by atoms with Crippen molar-refractivity contribution in [3.63, 3.8) is 0 Å². The van der Waals surface area contributed by atoms with Gasteiger partial charge in [0.25, 0.3) is 0 Å². The van der Waals surface area contributed by atoms with Crippen molar-refractivity contribution in [2.45, 2.75) is 19.4 Å². The maximum Gasteiger partial charge on any atom is 0.234 e. The van der Waals surface area contributed by atoms with Crippen molar-refractivity contribution in [2.75, 3.05) is 13.7 Å². The molecule has 1 aromatic rings. The number of ether oxygens (including phenoxy) is 1. The van der Waals surface area contributed by atoms with Crippen LogP contribution in [0, 0.1) is 0 Å². The average Bonchev–Trinajstić information content (AvgIpc) is 2.29. The summed E-state index contributed by atoms with van der Waals surface area (Å²) in [6.07, 6.45) is 0.863. The van der Waals surface area contributed by atoms with Crippen LogP contribution in [0.5, 0.6) is 5.75 Å². The average molecular weight is 222 g/mol. The predicted molar refractivity (Wildman–Crippen MR) is 63.4 cm³/mol. The molecule has 0 aliphatic carbocycles. The van der Waals surface area contributed by atoms with Crippen LogP contribution in [0.2, 0.25) is 0 Å². The predicted octanol–water partition coefficient (Wildman–Crippen LogP) is 0.701. The molecule has 3 N–H and O–H groups in total. The molecular weight excluding hydrogens is 204 g/mol. The van der Waals surface area contributed by atoms with Gasteiger partial charge >= 0.3 is 0 Å². The molecule has 0 heterocycles. The molecule has 1 rings (SSSR count). The van der Waals surface area contributed by atoms with Crippen molar-refractivity contribution in [1.82, 2.24) is 5.32 Å². The number of benzene rings is 1. The van der Waals surface area contributed by atoms with Crippen molar-refractivity contribution >= 4 is 5.91 Å². The van der Waals surface area contributed by atoms with Crippen molar-refractivity contribution < 1.29 is 9.53 Å². The summed E-state index contributed by atoms with van der Waals surface area (Å²) in [7, 11) is 1.64. The Morgan fingerprint density at radius 1 is 1.44 bits per heavy atom. The second-order valence-corrected chi connectivity index (χ2v) is 3.68. The van der Waals surface area contributed by atoms with Gasteiger partial charge in [0.2, 0.25) is 5.91 Å². The highest BCUT2D eigenvalue weighted by Crippen LogP contribution is 2.11. The minimum atomic E-state index is -0.324. The van der Waals surface area contributed by atoms with Crippen LogP contribution >= 0.6 is 0 Å². The van der Waals surface area contributed by atoms with Gasteiger partial charge in [0.05, 0.1) is 13.2 Å². The second kappa shape index (κ2) is 6.12. The Labute approximate surface area is 95.8 Å². The molecule has 4 heteroatoms. The highest BCUT2D eigenvalue weighted by molar-refractivity contribution is 5.79. The lowest BCUT2D eigenvalue weighted by atomic mass is 10.1. The third-order valence-electron chi connectivity index (χ3n) is 2.45. The quantitative estimate of drug-likeness (QED) is 0.744. The Bertz CT molecular complexity index is 335. The molecule has 1 amide bonds. The molecule has 16 heavy (non-hydrogen) atoms. The van der Waals surface area contributed by atoms with E-state index in [2.05, 4.69) is 5.32 Å². The number of hydrogen-bond donors (Lipinski definition) is 2. The van der Waals surface area contributed by atoms with Crippen LogP contribution in [0.1, 0.15) is 12.5 Å². The Kier molecular flexibility index (Phi) is 4.79. The van der Waals surface area contributed by atoms with Crippen molar-refractivity contribution in [2.24, 2.45) is 5.73 Å². The molecular formula is C12H18N2O2. The fourth-order valence-corrected chi connectivity index (χ4v) is 1.33. The van der Waals surface area contributed by atoms with Gasteiger partial charge in [-0.15, -0.1) is 0 Å². The number of amides is 1. The number of rotatable bonds is 6. The van der Waals surface area contributed by atoms with E-state index in [1.54, 1.807) is 14.0 Å². The molecule has 0 saturated heterocycles. The summed E-state index contributed by atoms with van der Waals surface area (Å²) in [6, 6.07) is 7.59. The van der Waals surface area contributed by atoms with Crippen molar-refractivity contribution in [1.29, 1.82) is 0 Å². The highest BCUT2D eigenvalue weighted by atomic mass is 16.5. The summed E-state index contributed by atoms with van der Waals surface area (Å²) in [5.41, 5.74) is 6.33. The normalized spacial score (nSPS) is 12.1. The number of hydrogen-bond acceptors (Lipinski definition) is 3. The molecule has 88 valence electrons. The molecule has 4 nitrogen and oxygen atoms in total. The number of primary amides is 1. The zero-order valence-electron chi connectivity index (χ0n) is 9.69. The standard InChI is InChI=1S/C12H18N2O2/c1-9(12(13)15)14-8-7-10-3-5-11(16-2)6-4-10/h3-6,9,14H,7-8H2,1-2H3,(H2,13,15). The highest BCUT2D eigenvalue weighted by Gasteiger charge is 2.06. The molecule has 1 unspecified atom stereocenters. The number of methoxy groups -OCH3 is 1. The largest absolute Gasteiger partial charge is 0.497 e. The van der Waals surface area contributed by atoms with Crippen LogP contribution < -0.4 is 15.8 Å². The van der Waals surface area contributed by atoms with Crippen LogP contribution in [0.3, 0.4) is 0 Å². The van der Waals surface area contributed by atoms with Gasteiger partial charge in [-0.05, 0) is 37.6 Å². The van der Waals surface area contributed by atoms with E-state index < -0.39 is 0 Å². The first-order valence-corrected chi connectivity index (χ1v) is 5.29. The Hall–Kier alpha value is -1.55. The van der Waals surface area contributed by atoms with Gasteiger partial charge in [-0.1, -0.05) is 12.1 Å². The molecule has 0 radical (unpaired) electrons. The van der Waals surface area contributed by atoms with E-state index in [0.717, 1.165) is 18.7 Å². The summed E-state index contributed by atoms with van der Waals surface area (Å²) in [5, 5.41) is 3.05. The van der Waals surface area contributed by atoms with Crippen LogP contribution in [0.25, 0.3) is 0 Å². The van der Waals surface area contributed by atoms with E-state index in [1.165, 1.54) is 5.56 Å². The van der Waals surface area contributed by atoms with Gasteiger partial charge in [-0.3, -0.25) is 4.79 Å². The van der Waals surface area contributed by atoms with Crippen molar-refractivity contribution in [3.8, 4) is 5.75 Å². The molecule has 0 saturated carbocycles. The topological polar surface area (TPSA) is 64.3 Å². The van der Waals surface area contributed by atoms with E-state index in [-0.39, 0.29) is 11.9 Å². The van der Waals surface area contributed by atoms with Crippen LogP contribution in [-0.4, -0.2) is 25.6 Å². The van der Waals surface area contributed by atoms with Gasteiger partial charge in [0.15, 0.2) is 0 Å². The first-order chi connectivity index (χ1) is 7.63. The number of nitrogens with two attached hydrogens (primary N) is 1. The maximum absolute atomic E-state index is 10.8. The molecule has 0 aromatic heterocycles. The SMILES string of the molecule is COc1ccc(CCNC(C)C(N)=O)cc1. The van der Waals surface area contributed by atoms with Gasteiger partial charge < -0.3 is 15.8 Å². The summed E-state index contributed by atoms with van der Waals surface area (Å²) in [5.74, 6) is 0.525. The van der Waals surface area contributed by atoms with Crippen LogP contribution in [0.4, 0.5) is 0 Å². The van der Waals surface area contributed by atoms with Gasteiger partial charge in [-0.2, -0.15) is 0 Å². The minimum Gasteiger partial charge on any atom is -0.497 e. The van der Waals surface area contributed by atoms with E-state index in [1.807, 2.05) is 24.3 Å². The second-order valence-electron chi connectivity index (χ2n) is 3.68. The lowest BCUT2D eigenvalue weighted by Gasteiger charge is -2.09. The van der Waals surface area contributed by atoms with Gasteiger partial charge in [0, 0.05) is 0 Å². The number of nitrogens with one attached hydrogen (secondary N) is 1. The van der Waals surface area contributed by atoms with E-state index >= 15 is 0 Å². The van der Waals surface area contributed by atoms with E-state index in [9.17, 15) is 4.79 Å². The summed E-state index contributed by atoms with van der Waals surface area (Å²) in [4.78, 5) is 10.8. The minimum absolute atomic E-state index is 0.279. The molecule has 0 spiro atoms. The smallest absolute Gasteiger partial charge is 0.234 e. The summed E-state index contributed by atoms with van der Waals surface area (Å²) >= 11 is 0. The first kappa shape index (κ1) is 12.5. The third-order valence-corrected chi connectivity index (χ3v) is 2.45. The molecule has 1 aromatic carbocycles. The molecule has 0 bridgehead atoms. The fourth-order valence-electron chi connectivity index (χ4n) is 1.33. The molecule has 0 aliphatic heterocycles. The van der Waals surface area contributed by atoms with Crippen molar-refractivity contribution in [3.05, 3.63) is 29.8 Å². The lowest BCUT2D eigenvalue weighted by Crippen LogP contribution is -2.39. The van der Waals surface area contributed by atoms with E-state index in [0.29, 0.717) is 0 Å². The Morgan fingerprint density at radius 2 is 2.06 bits per heavy atom. The molecule has 0 fully saturated rings. The molecule has 1 atom stereocenters. The van der Waals surface area contributed by atoms with E-state index in [4.69, 9.17) is 10.5 Å². The Morgan fingerprint density at radius 3 is 2.56 bits per heavy atom. The number of carbonyl (C=O) groups is 1. The zero-order chi connectivity index (χ0) is 12.0. The van der Waals surface area contributed by atoms with Gasteiger partial charge in [0.1, 0.15) is 5.75 Å². The number of carbonyl (C=O) groups excluding carboxylic acids is 1. The molecule has 0 aliphatic rings. The zero-order valence-corrected chi connectivity index (χ0v) is 9.69. The monoisotopic (exact) mass is 222 g/mol. The third kappa shape index (κ3) is 3.90. The maximum atomic E-state index is 10.8. The Balaban J connectivity index is 2.34. The van der Waals surface area contributed by atoms with Gasteiger partial charge in [-0.25, -0.2) is 0 Å². The fraction of sp³-hybridized carbons (Fsp3) is 0.417. The summed E-state index contributed by atoms with van der Waals surface area (Å²) in [6.45, 7) is 2.49. The van der Waals surface area contributed by atoms with Crippen LogP contribution in [0.15, 0.2) is 24.3 Å². The lowest BCUT2D eigenvalue weighted by molar-refractivity contribution is -0.119. The van der Waals surface area contributed by atoms with Crippen LogP contribution in [-0.2, 0) is 11.2 Å². The first-order valence-electron chi connectivity index (χ1n) is 5.29.